The van der Waals surface area contributed by atoms with Crippen LogP contribution in [0.25, 0.3) is 0 Å². The van der Waals surface area contributed by atoms with E-state index in [1.807, 2.05) is 0 Å². The Labute approximate surface area is 105 Å². The van der Waals surface area contributed by atoms with Crippen molar-refractivity contribution < 1.29 is 23.6 Å². The fourth-order valence-corrected chi connectivity index (χ4v) is 1.29. The van der Waals surface area contributed by atoms with Crippen LogP contribution in [-0.2, 0) is 14.3 Å². The van der Waals surface area contributed by atoms with E-state index in [1.54, 1.807) is 6.92 Å². The van der Waals surface area contributed by atoms with Crippen LogP contribution in [0.3, 0.4) is 0 Å². The van der Waals surface area contributed by atoms with Crippen LogP contribution in [0, 0.1) is 6.92 Å². The second-order valence-electron chi connectivity index (χ2n) is 3.63. The van der Waals surface area contributed by atoms with E-state index in [-0.39, 0.29) is 18.8 Å². The van der Waals surface area contributed by atoms with Gasteiger partial charge in [-0.3, -0.25) is 9.59 Å². The predicted molar refractivity (Wildman–Crippen MR) is 61.0 cm³/mol. The van der Waals surface area contributed by atoms with Gasteiger partial charge in [-0.25, -0.2) is 0 Å². The second kappa shape index (κ2) is 6.75. The first-order valence-corrected chi connectivity index (χ1v) is 5.36. The first-order chi connectivity index (χ1) is 8.58. The van der Waals surface area contributed by atoms with Gasteiger partial charge in [0.25, 0.3) is 5.91 Å². The molecule has 7 heteroatoms. The van der Waals surface area contributed by atoms with Gasteiger partial charge < -0.3 is 18.9 Å². The van der Waals surface area contributed by atoms with Crippen molar-refractivity contribution in [3.8, 4) is 0 Å². The van der Waals surface area contributed by atoms with Crippen molar-refractivity contribution in [1.82, 2.24) is 10.1 Å². The molecular weight excluding hydrogens is 240 g/mol. The van der Waals surface area contributed by atoms with E-state index in [1.165, 1.54) is 25.2 Å². The summed E-state index contributed by atoms with van der Waals surface area (Å²) in [6, 6.07) is 1.51. The van der Waals surface area contributed by atoms with E-state index in [0.29, 0.717) is 12.3 Å². The molecule has 0 radical (unpaired) electrons. The minimum absolute atomic E-state index is 0.0903. The number of nitrogens with zero attached hydrogens (tertiary/aromatic N) is 2. The Hall–Kier alpha value is -1.89. The Bertz CT molecular complexity index is 415. The highest BCUT2D eigenvalue weighted by Gasteiger charge is 2.22. The molecule has 0 spiro atoms. The third kappa shape index (κ3) is 3.85. The summed E-state index contributed by atoms with van der Waals surface area (Å²) in [5, 5.41) is 3.63. The number of aryl methyl sites for hydroxylation is 1. The van der Waals surface area contributed by atoms with Crippen LogP contribution >= 0.6 is 0 Å². The fraction of sp³-hybridized carbons (Fsp3) is 0.545. The van der Waals surface area contributed by atoms with Crippen molar-refractivity contribution in [1.29, 1.82) is 0 Å². The molecule has 7 nitrogen and oxygen atoms in total. The molecule has 0 aliphatic carbocycles. The van der Waals surface area contributed by atoms with Crippen LogP contribution in [0.4, 0.5) is 0 Å². The number of carbonyl (C=O) groups is 2. The summed E-state index contributed by atoms with van der Waals surface area (Å²) >= 11 is 0. The molecule has 1 aromatic heterocycles. The average molecular weight is 256 g/mol. The predicted octanol–water partition coefficient (Wildman–Crippen LogP) is 0.245. The largest absolute Gasteiger partial charge is 0.468 e. The lowest BCUT2D eigenvalue weighted by Crippen LogP contribution is -2.38. The third-order valence-electron chi connectivity index (χ3n) is 2.24. The van der Waals surface area contributed by atoms with Gasteiger partial charge in [0.2, 0.25) is 5.76 Å². The number of amides is 1. The van der Waals surface area contributed by atoms with Gasteiger partial charge in [-0.05, 0) is 6.92 Å². The Morgan fingerprint density at radius 2 is 2.17 bits per heavy atom. The molecule has 0 atom stereocenters. The highest BCUT2D eigenvalue weighted by molar-refractivity contribution is 5.93. The molecule has 0 N–H and O–H groups in total. The van der Waals surface area contributed by atoms with Gasteiger partial charge in [0.1, 0.15) is 6.54 Å². The quantitative estimate of drug-likeness (QED) is 0.678. The Morgan fingerprint density at radius 3 is 2.67 bits per heavy atom. The molecule has 1 heterocycles. The van der Waals surface area contributed by atoms with Crippen molar-refractivity contribution in [2.24, 2.45) is 0 Å². The number of hydrogen-bond donors (Lipinski definition) is 0. The second-order valence-corrected chi connectivity index (χ2v) is 3.63. The van der Waals surface area contributed by atoms with Crippen molar-refractivity contribution >= 4 is 11.9 Å². The SMILES string of the molecule is COCCN(CC(=O)OC)C(=O)c1cc(C)no1. The summed E-state index contributed by atoms with van der Waals surface area (Å²) < 4.78 is 14.3. The molecule has 0 saturated carbocycles. The summed E-state index contributed by atoms with van der Waals surface area (Å²) in [4.78, 5) is 24.6. The highest BCUT2D eigenvalue weighted by Crippen LogP contribution is 2.07. The Balaban J connectivity index is 2.74. The highest BCUT2D eigenvalue weighted by atomic mass is 16.5. The van der Waals surface area contributed by atoms with E-state index in [2.05, 4.69) is 9.89 Å². The maximum atomic E-state index is 12.0. The smallest absolute Gasteiger partial charge is 0.325 e. The number of aromatic nitrogens is 1. The summed E-state index contributed by atoms with van der Waals surface area (Å²) in [5.41, 5.74) is 0.600. The molecule has 0 bridgehead atoms. The monoisotopic (exact) mass is 256 g/mol. The molecule has 0 saturated heterocycles. The molecular formula is C11H16N2O5. The third-order valence-corrected chi connectivity index (χ3v) is 2.24. The van der Waals surface area contributed by atoms with Gasteiger partial charge in [-0.15, -0.1) is 0 Å². The molecule has 0 unspecified atom stereocenters. The minimum Gasteiger partial charge on any atom is -0.468 e. The molecule has 1 amide bonds. The number of rotatable bonds is 6. The van der Waals surface area contributed by atoms with Crippen molar-refractivity contribution in [2.75, 3.05) is 33.9 Å². The molecule has 0 aliphatic rings. The van der Waals surface area contributed by atoms with E-state index in [4.69, 9.17) is 9.26 Å². The number of esters is 1. The molecule has 18 heavy (non-hydrogen) atoms. The van der Waals surface area contributed by atoms with Gasteiger partial charge in [-0.1, -0.05) is 5.16 Å². The molecule has 1 rings (SSSR count). The Morgan fingerprint density at radius 1 is 1.44 bits per heavy atom. The van der Waals surface area contributed by atoms with Gasteiger partial charge in [0, 0.05) is 19.7 Å². The lowest BCUT2D eigenvalue weighted by atomic mass is 10.3. The first kappa shape index (κ1) is 14.2. The average Bonchev–Trinajstić information content (AvgIpc) is 2.79. The molecule has 1 aromatic rings. The molecule has 0 fully saturated rings. The maximum absolute atomic E-state index is 12.0. The van der Waals surface area contributed by atoms with Crippen molar-refractivity contribution in [3.05, 3.63) is 17.5 Å². The summed E-state index contributed by atoms with van der Waals surface area (Å²) in [6.07, 6.45) is 0. The van der Waals surface area contributed by atoms with E-state index < -0.39 is 11.9 Å². The molecule has 0 aliphatic heterocycles. The standard InChI is InChI=1S/C11H16N2O5/c1-8-6-9(18-12-8)11(15)13(4-5-16-2)7-10(14)17-3/h6H,4-5,7H2,1-3H3. The van der Waals surface area contributed by atoms with Crippen LogP contribution in [0.1, 0.15) is 16.2 Å². The lowest BCUT2D eigenvalue weighted by molar-refractivity contribution is -0.141. The number of methoxy groups -OCH3 is 2. The van der Waals surface area contributed by atoms with Crippen LogP contribution in [0.5, 0.6) is 0 Å². The van der Waals surface area contributed by atoms with Crippen LogP contribution in [0.15, 0.2) is 10.6 Å². The normalized spacial score (nSPS) is 10.2. The zero-order chi connectivity index (χ0) is 13.5. The molecule has 100 valence electrons. The minimum atomic E-state index is -0.504. The number of ether oxygens (including phenoxy) is 2. The van der Waals surface area contributed by atoms with Crippen LogP contribution in [-0.4, -0.2) is 55.8 Å². The number of carbonyl (C=O) groups excluding carboxylic acids is 2. The zero-order valence-electron chi connectivity index (χ0n) is 10.6. The summed E-state index contributed by atoms with van der Waals surface area (Å²) in [7, 11) is 2.78. The zero-order valence-corrected chi connectivity index (χ0v) is 10.6. The fourth-order valence-electron chi connectivity index (χ4n) is 1.29. The van der Waals surface area contributed by atoms with Gasteiger partial charge >= 0.3 is 5.97 Å². The van der Waals surface area contributed by atoms with Crippen molar-refractivity contribution in [2.45, 2.75) is 6.92 Å². The topological polar surface area (TPSA) is 81.9 Å². The van der Waals surface area contributed by atoms with Crippen LogP contribution < -0.4 is 0 Å². The summed E-state index contributed by atoms with van der Waals surface area (Å²) in [5.74, 6) is -0.832. The van der Waals surface area contributed by atoms with E-state index in [9.17, 15) is 9.59 Å². The summed E-state index contributed by atoms with van der Waals surface area (Å²) in [6.45, 7) is 2.14. The van der Waals surface area contributed by atoms with Gasteiger partial charge in [0.15, 0.2) is 0 Å². The number of hydrogen-bond acceptors (Lipinski definition) is 6. The molecule has 0 aromatic carbocycles. The maximum Gasteiger partial charge on any atom is 0.325 e. The van der Waals surface area contributed by atoms with E-state index in [0.717, 1.165) is 0 Å². The van der Waals surface area contributed by atoms with E-state index >= 15 is 0 Å². The van der Waals surface area contributed by atoms with Gasteiger partial charge in [0.05, 0.1) is 19.4 Å². The lowest BCUT2D eigenvalue weighted by Gasteiger charge is -2.19. The first-order valence-electron chi connectivity index (χ1n) is 5.36. The van der Waals surface area contributed by atoms with Gasteiger partial charge in [-0.2, -0.15) is 0 Å². The Kier molecular flexibility index (Phi) is 5.31. The van der Waals surface area contributed by atoms with Crippen molar-refractivity contribution in [3.63, 3.8) is 0 Å². The van der Waals surface area contributed by atoms with Crippen LogP contribution in [0.2, 0.25) is 0 Å².